The predicted molar refractivity (Wildman–Crippen MR) is 59.7 cm³/mol. The molecule has 90 valence electrons. The fourth-order valence-corrected chi connectivity index (χ4v) is 1.27. The van der Waals surface area contributed by atoms with Crippen molar-refractivity contribution in [2.75, 3.05) is 26.7 Å². The third-order valence-corrected chi connectivity index (χ3v) is 1.96. The number of carbonyl (C=O) groups excluding carboxylic acids is 1. The Morgan fingerprint density at radius 2 is 2.00 bits per heavy atom. The van der Waals surface area contributed by atoms with E-state index in [9.17, 15) is 4.79 Å². The monoisotopic (exact) mass is 217 g/mol. The summed E-state index contributed by atoms with van der Waals surface area (Å²) >= 11 is 0. The molecule has 0 heterocycles. The first-order chi connectivity index (χ1) is 7.06. The van der Waals surface area contributed by atoms with Crippen LogP contribution in [0.5, 0.6) is 0 Å². The van der Waals surface area contributed by atoms with Crippen LogP contribution < -0.4 is 0 Å². The molecule has 0 aromatic heterocycles. The molecule has 0 fully saturated rings. The lowest BCUT2D eigenvalue weighted by Crippen LogP contribution is -2.29. The first-order valence-electron chi connectivity index (χ1n) is 5.55. The summed E-state index contributed by atoms with van der Waals surface area (Å²) in [5, 5.41) is 8.59. The third-order valence-electron chi connectivity index (χ3n) is 1.96. The van der Waals surface area contributed by atoms with Gasteiger partial charge in [-0.05, 0) is 46.7 Å². The van der Waals surface area contributed by atoms with E-state index in [1.807, 2.05) is 25.8 Å². The van der Waals surface area contributed by atoms with Gasteiger partial charge in [0, 0.05) is 6.61 Å². The quantitative estimate of drug-likeness (QED) is 0.487. The average Bonchev–Trinajstić information content (AvgIpc) is 2.10. The zero-order valence-electron chi connectivity index (χ0n) is 10.0. The van der Waals surface area contributed by atoms with Gasteiger partial charge >= 0.3 is 5.97 Å². The second kappa shape index (κ2) is 8.68. The highest BCUT2D eigenvalue weighted by molar-refractivity contribution is 5.71. The Labute approximate surface area is 92.2 Å². The van der Waals surface area contributed by atoms with E-state index in [-0.39, 0.29) is 18.7 Å². The van der Waals surface area contributed by atoms with Gasteiger partial charge in [0.25, 0.3) is 0 Å². The first-order valence-corrected chi connectivity index (χ1v) is 5.55. The number of hydrogen-bond donors (Lipinski definition) is 1. The van der Waals surface area contributed by atoms with Gasteiger partial charge in [0.15, 0.2) is 0 Å². The van der Waals surface area contributed by atoms with Gasteiger partial charge < -0.3 is 9.84 Å². The van der Waals surface area contributed by atoms with E-state index in [0.29, 0.717) is 6.54 Å². The number of aliphatic hydroxyl groups excluding tert-OH is 1. The molecule has 4 heteroatoms. The number of nitrogens with zero attached hydrogens (tertiary/aromatic N) is 1. The minimum atomic E-state index is -0.172. The highest BCUT2D eigenvalue weighted by atomic mass is 16.5. The van der Waals surface area contributed by atoms with Crippen LogP contribution in [0.15, 0.2) is 0 Å². The van der Waals surface area contributed by atoms with Gasteiger partial charge in [0.2, 0.25) is 0 Å². The van der Waals surface area contributed by atoms with Crippen LogP contribution in [0.25, 0.3) is 0 Å². The lowest BCUT2D eigenvalue weighted by molar-refractivity contribution is -0.148. The molecule has 0 aromatic carbocycles. The van der Waals surface area contributed by atoms with E-state index in [0.717, 1.165) is 25.8 Å². The van der Waals surface area contributed by atoms with Gasteiger partial charge in [0.1, 0.15) is 0 Å². The molecule has 0 saturated carbocycles. The average molecular weight is 217 g/mol. The van der Waals surface area contributed by atoms with Crippen molar-refractivity contribution in [2.45, 2.75) is 39.2 Å². The zero-order valence-corrected chi connectivity index (χ0v) is 10.0. The highest BCUT2D eigenvalue weighted by Gasteiger charge is 2.08. The molecule has 0 atom stereocenters. The molecule has 0 aliphatic heterocycles. The number of likely N-dealkylation sites (N-methyl/N-ethyl adjacent to an activating group) is 1. The number of carbonyl (C=O) groups is 1. The number of rotatable bonds is 8. The van der Waals surface area contributed by atoms with Crippen molar-refractivity contribution in [3.05, 3.63) is 0 Å². The van der Waals surface area contributed by atoms with Crippen LogP contribution in [-0.2, 0) is 9.53 Å². The minimum absolute atomic E-state index is 0.0414. The van der Waals surface area contributed by atoms with Crippen molar-refractivity contribution >= 4 is 5.97 Å². The molecular weight excluding hydrogens is 194 g/mol. The summed E-state index contributed by atoms with van der Waals surface area (Å²) in [6, 6.07) is 0. The van der Waals surface area contributed by atoms with Crippen LogP contribution in [0.4, 0.5) is 0 Å². The number of unbranched alkanes of at least 4 members (excludes halogenated alkanes) is 2. The lowest BCUT2D eigenvalue weighted by atomic mass is 10.2. The lowest BCUT2D eigenvalue weighted by Gasteiger charge is -2.16. The third kappa shape index (κ3) is 9.69. The van der Waals surface area contributed by atoms with E-state index in [1.54, 1.807) is 0 Å². The summed E-state index contributed by atoms with van der Waals surface area (Å²) in [7, 11) is 1.90. The highest BCUT2D eigenvalue weighted by Crippen LogP contribution is 1.97. The van der Waals surface area contributed by atoms with Crippen molar-refractivity contribution < 1.29 is 14.6 Å². The van der Waals surface area contributed by atoms with Crippen LogP contribution in [0, 0.1) is 0 Å². The number of esters is 1. The Hall–Kier alpha value is -0.610. The Morgan fingerprint density at radius 1 is 1.33 bits per heavy atom. The first kappa shape index (κ1) is 14.4. The van der Waals surface area contributed by atoms with Gasteiger partial charge in [-0.25, -0.2) is 0 Å². The van der Waals surface area contributed by atoms with Gasteiger partial charge in [-0.1, -0.05) is 0 Å². The summed E-state index contributed by atoms with van der Waals surface area (Å²) in [6.45, 7) is 5.15. The van der Waals surface area contributed by atoms with Crippen molar-refractivity contribution in [3.8, 4) is 0 Å². The topological polar surface area (TPSA) is 49.8 Å². The summed E-state index contributed by atoms with van der Waals surface area (Å²) in [5.74, 6) is -0.172. The van der Waals surface area contributed by atoms with Gasteiger partial charge in [0.05, 0.1) is 12.6 Å². The Balaban J connectivity index is 3.46. The standard InChI is InChI=1S/C11H23NO3/c1-10(2)15-11(14)9-12(3)7-5-4-6-8-13/h10,13H,4-9H2,1-3H3. The largest absolute Gasteiger partial charge is 0.462 e. The summed E-state index contributed by atoms with van der Waals surface area (Å²) in [4.78, 5) is 13.2. The molecule has 0 saturated heterocycles. The van der Waals surface area contributed by atoms with Crippen LogP contribution in [0.3, 0.4) is 0 Å². The van der Waals surface area contributed by atoms with Gasteiger partial charge in [-0.2, -0.15) is 0 Å². The van der Waals surface area contributed by atoms with Gasteiger partial charge in [-0.3, -0.25) is 9.69 Å². The van der Waals surface area contributed by atoms with E-state index < -0.39 is 0 Å². The molecule has 0 bridgehead atoms. The molecule has 1 N–H and O–H groups in total. The number of aliphatic hydroxyl groups is 1. The summed E-state index contributed by atoms with van der Waals surface area (Å²) in [5.41, 5.74) is 0. The Kier molecular flexibility index (Phi) is 8.33. The predicted octanol–water partition coefficient (Wildman–Crippen LogP) is 1.03. The van der Waals surface area contributed by atoms with Crippen LogP contribution in [0.2, 0.25) is 0 Å². The molecule has 0 aromatic rings. The number of hydrogen-bond acceptors (Lipinski definition) is 4. The Morgan fingerprint density at radius 3 is 2.53 bits per heavy atom. The SMILES string of the molecule is CC(C)OC(=O)CN(C)CCCCCO. The molecule has 0 spiro atoms. The smallest absolute Gasteiger partial charge is 0.320 e. The molecule has 0 amide bonds. The van der Waals surface area contributed by atoms with E-state index >= 15 is 0 Å². The molecule has 0 aliphatic carbocycles. The van der Waals surface area contributed by atoms with Crippen molar-refractivity contribution in [1.82, 2.24) is 4.90 Å². The second-order valence-corrected chi connectivity index (χ2v) is 4.06. The molecule has 0 rings (SSSR count). The number of ether oxygens (including phenoxy) is 1. The van der Waals surface area contributed by atoms with Crippen molar-refractivity contribution in [1.29, 1.82) is 0 Å². The van der Waals surface area contributed by atoms with E-state index in [2.05, 4.69) is 0 Å². The van der Waals surface area contributed by atoms with Crippen LogP contribution in [0.1, 0.15) is 33.1 Å². The van der Waals surface area contributed by atoms with Crippen LogP contribution in [-0.4, -0.2) is 48.8 Å². The summed E-state index contributed by atoms with van der Waals surface area (Å²) < 4.78 is 5.03. The fourth-order valence-electron chi connectivity index (χ4n) is 1.27. The maximum atomic E-state index is 11.2. The summed E-state index contributed by atoms with van der Waals surface area (Å²) in [6.07, 6.45) is 2.80. The minimum Gasteiger partial charge on any atom is -0.462 e. The molecule has 0 aliphatic rings. The normalized spacial score (nSPS) is 11.1. The fraction of sp³-hybridized carbons (Fsp3) is 0.909. The van der Waals surface area contributed by atoms with Crippen molar-refractivity contribution in [3.63, 3.8) is 0 Å². The second-order valence-electron chi connectivity index (χ2n) is 4.06. The zero-order chi connectivity index (χ0) is 11.7. The molecule has 15 heavy (non-hydrogen) atoms. The van der Waals surface area contributed by atoms with Crippen molar-refractivity contribution in [2.24, 2.45) is 0 Å². The van der Waals surface area contributed by atoms with E-state index in [1.165, 1.54) is 0 Å². The maximum absolute atomic E-state index is 11.2. The molecule has 4 nitrogen and oxygen atoms in total. The Bertz CT molecular complexity index is 171. The molecular formula is C11H23NO3. The maximum Gasteiger partial charge on any atom is 0.320 e. The molecule has 0 unspecified atom stereocenters. The molecule has 0 radical (unpaired) electrons. The van der Waals surface area contributed by atoms with Gasteiger partial charge in [-0.15, -0.1) is 0 Å². The van der Waals surface area contributed by atoms with Crippen LogP contribution >= 0.6 is 0 Å². The van der Waals surface area contributed by atoms with E-state index in [4.69, 9.17) is 9.84 Å².